The summed E-state index contributed by atoms with van der Waals surface area (Å²) in [5.74, 6) is -4.08. The molecule has 2 saturated heterocycles. The second kappa shape index (κ2) is 12.5. The Morgan fingerprint density at radius 3 is 2.42 bits per heavy atom. The van der Waals surface area contributed by atoms with Crippen LogP contribution in [0.25, 0.3) is 5.69 Å². The van der Waals surface area contributed by atoms with Crippen molar-refractivity contribution in [3.05, 3.63) is 41.2 Å². The van der Waals surface area contributed by atoms with Crippen LogP contribution >= 0.6 is 0 Å². The predicted octanol–water partition coefficient (Wildman–Crippen LogP) is 1.66. The van der Waals surface area contributed by atoms with Crippen molar-refractivity contribution in [2.24, 2.45) is 0 Å². The molecular weight excluding hydrogens is 575 g/mol. The van der Waals surface area contributed by atoms with Crippen molar-refractivity contribution in [3.8, 4) is 5.69 Å². The molecule has 1 aromatic heterocycles. The minimum atomic E-state index is -5.08. The topological polar surface area (TPSA) is 167 Å². The van der Waals surface area contributed by atoms with Gasteiger partial charge < -0.3 is 15.3 Å². The summed E-state index contributed by atoms with van der Waals surface area (Å²) in [4.78, 5) is 62.4. The van der Waals surface area contributed by atoms with E-state index in [4.69, 9.17) is 9.90 Å². The Labute approximate surface area is 244 Å². The van der Waals surface area contributed by atoms with Gasteiger partial charge in [-0.15, -0.1) is 5.10 Å². The number of fused-ring (bicyclic) bond motifs is 1. The molecule has 0 aliphatic carbocycles. The summed E-state index contributed by atoms with van der Waals surface area (Å²) in [6.45, 7) is 7.15. The number of alkyl halides is 3. The fourth-order valence-electron chi connectivity index (χ4n) is 5.18. The average molecular weight is 608 g/mol. The van der Waals surface area contributed by atoms with Crippen LogP contribution in [0.15, 0.2) is 24.4 Å². The first kappa shape index (κ1) is 31.6. The maximum atomic E-state index is 13.1. The SMILES string of the molecule is CC(C)(CNC(=O)c1cn(-c2ccc3c(c2)C(=O)N(C2CCC(=O)NC2=O)C3)nn1)N1CCCCC1.O=C(O)C(F)(F)F. The van der Waals surface area contributed by atoms with E-state index in [1.807, 2.05) is 6.07 Å². The van der Waals surface area contributed by atoms with Gasteiger partial charge in [-0.1, -0.05) is 17.7 Å². The number of carboxylic acid groups (broad SMARTS) is 1. The summed E-state index contributed by atoms with van der Waals surface area (Å²) < 4.78 is 33.2. The summed E-state index contributed by atoms with van der Waals surface area (Å²) >= 11 is 0. The van der Waals surface area contributed by atoms with E-state index >= 15 is 0 Å². The zero-order chi connectivity index (χ0) is 31.5. The van der Waals surface area contributed by atoms with E-state index in [0.29, 0.717) is 30.8 Å². The summed E-state index contributed by atoms with van der Waals surface area (Å²) in [5.41, 5.74) is 1.91. The molecule has 3 aliphatic heterocycles. The molecule has 16 heteroatoms. The molecule has 3 N–H and O–H groups in total. The molecule has 5 rings (SSSR count). The molecule has 4 heterocycles. The van der Waals surface area contributed by atoms with Gasteiger partial charge in [-0.3, -0.25) is 29.4 Å². The van der Waals surface area contributed by atoms with Gasteiger partial charge >= 0.3 is 12.1 Å². The Hall–Kier alpha value is -4.34. The number of rotatable bonds is 6. The Bertz CT molecular complexity index is 1420. The Morgan fingerprint density at radius 1 is 1.12 bits per heavy atom. The molecular formula is C27H32F3N7O6. The number of aromatic nitrogens is 3. The standard InChI is InChI=1S/C25H31N7O4.C2HF3O2/c1-25(2,30-10-4-3-5-11-30)15-26-22(34)19-14-32(29-28-19)17-7-6-16-13-31(24(36)18(16)12-17)20-8-9-21(33)27-23(20)35;3-2(4,5)1(6)7/h6-7,12,14,20H,3-5,8-11,13,15H2,1-2H3,(H,26,34)(H,27,33,35);(H,6,7). The number of carbonyl (C=O) groups excluding carboxylic acids is 4. The second-order valence-corrected chi connectivity index (χ2v) is 11.1. The minimum Gasteiger partial charge on any atom is -0.475 e. The van der Waals surface area contributed by atoms with Crippen LogP contribution in [0.3, 0.4) is 0 Å². The summed E-state index contributed by atoms with van der Waals surface area (Å²) in [6, 6.07) is 4.65. The van der Waals surface area contributed by atoms with Gasteiger partial charge in [0.1, 0.15) is 6.04 Å². The molecule has 1 aromatic carbocycles. The van der Waals surface area contributed by atoms with Gasteiger partial charge in [0.25, 0.3) is 11.8 Å². The zero-order valence-electron chi connectivity index (χ0n) is 23.6. The van der Waals surface area contributed by atoms with E-state index in [2.05, 4.69) is 39.7 Å². The van der Waals surface area contributed by atoms with Crippen LogP contribution in [0, 0.1) is 0 Å². The monoisotopic (exact) mass is 607 g/mol. The molecule has 2 aromatic rings. The van der Waals surface area contributed by atoms with Gasteiger partial charge in [0.05, 0.1) is 11.9 Å². The van der Waals surface area contributed by atoms with Crippen molar-refractivity contribution in [2.75, 3.05) is 19.6 Å². The second-order valence-electron chi connectivity index (χ2n) is 11.1. The van der Waals surface area contributed by atoms with E-state index in [-0.39, 0.29) is 35.4 Å². The van der Waals surface area contributed by atoms with Crippen LogP contribution in [0.1, 0.15) is 72.4 Å². The van der Waals surface area contributed by atoms with Gasteiger partial charge in [-0.25, -0.2) is 9.48 Å². The average Bonchev–Trinajstić information content (AvgIpc) is 3.57. The molecule has 0 spiro atoms. The molecule has 0 radical (unpaired) electrons. The van der Waals surface area contributed by atoms with Crippen LogP contribution in [-0.2, 0) is 20.9 Å². The maximum absolute atomic E-state index is 13.1. The van der Waals surface area contributed by atoms with Crippen LogP contribution in [0.2, 0.25) is 0 Å². The van der Waals surface area contributed by atoms with Crippen LogP contribution in [-0.4, -0.2) is 96.9 Å². The number of hydrogen-bond donors (Lipinski definition) is 3. The van der Waals surface area contributed by atoms with Crippen molar-refractivity contribution in [1.82, 2.24) is 35.4 Å². The zero-order valence-corrected chi connectivity index (χ0v) is 23.6. The van der Waals surface area contributed by atoms with Crippen molar-refractivity contribution in [3.63, 3.8) is 0 Å². The highest BCUT2D eigenvalue weighted by atomic mass is 19.4. The lowest BCUT2D eigenvalue weighted by Crippen LogP contribution is -2.53. The van der Waals surface area contributed by atoms with Gasteiger partial charge in [-0.2, -0.15) is 13.2 Å². The lowest BCUT2D eigenvalue weighted by molar-refractivity contribution is -0.192. The van der Waals surface area contributed by atoms with E-state index in [9.17, 15) is 32.3 Å². The lowest BCUT2D eigenvalue weighted by atomic mass is 9.98. The third-order valence-electron chi connectivity index (χ3n) is 7.64. The number of nitrogens with zero attached hydrogens (tertiary/aromatic N) is 5. The van der Waals surface area contributed by atoms with Crippen molar-refractivity contribution in [2.45, 2.75) is 70.3 Å². The molecule has 43 heavy (non-hydrogen) atoms. The number of likely N-dealkylation sites (tertiary alicyclic amines) is 1. The largest absolute Gasteiger partial charge is 0.490 e. The fraction of sp³-hybridized carbons (Fsp3) is 0.519. The number of hydrogen-bond acceptors (Lipinski definition) is 8. The normalized spacial score (nSPS) is 19.3. The number of amides is 4. The molecule has 13 nitrogen and oxygen atoms in total. The number of piperidine rings is 2. The summed E-state index contributed by atoms with van der Waals surface area (Å²) in [7, 11) is 0. The van der Waals surface area contributed by atoms with Crippen LogP contribution < -0.4 is 10.6 Å². The molecule has 1 atom stereocenters. The highest BCUT2D eigenvalue weighted by molar-refractivity contribution is 6.05. The molecule has 0 saturated carbocycles. The first-order valence-electron chi connectivity index (χ1n) is 13.7. The first-order chi connectivity index (χ1) is 20.2. The molecule has 4 amide bonds. The summed E-state index contributed by atoms with van der Waals surface area (Å²) in [5, 5.41) is 20.5. The highest BCUT2D eigenvalue weighted by Gasteiger charge is 2.39. The molecule has 232 valence electrons. The molecule has 3 aliphatic rings. The highest BCUT2D eigenvalue weighted by Crippen LogP contribution is 2.29. The van der Waals surface area contributed by atoms with Gasteiger partial charge in [0, 0.05) is 30.6 Å². The Kier molecular flexibility index (Phi) is 9.18. The van der Waals surface area contributed by atoms with E-state index < -0.39 is 24.1 Å². The van der Waals surface area contributed by atoms with Crippen LogP contribution in [0.5, 0.6) is 0 Å². The third-order valence-corrected chi connectivity index (χ3v) is 7.64. The first-order valence-corrected chi connectivity index (χ1v) is 13.7. The van der Waals surface area contributed by atoms with Crippen LogP contribution in [0.4, 0.5) is 13.2 Å². The lowest BCUT2D eigenvalue weighted by Gasteiger charge is -2.41. The number of imide groups is 1. The number of benzene rings is 1. The molecule has 1 unspecified atom stereocenters. The smallest absolute Gasteiger partial charge is 0.475 e. The molecule has 2 fully saturated rings. The third kappa shape index (κ3) is 7.36. The number of carboxylic acids is 1. The quantitative estimate of drug-likeness (QED) is 0.414. The van der Waals surface area contributed by atoms with Crippen molar-refractivity contribution >= 4 is 29.6 Å². The van der Waals surface area contributed by atoms with Crippen molar-refractivity contribution in [1.29, 1.82) is 0 Å². The number of aliphatic carboxylic acids is 1. The number of carbonyl (C=O) groups is 5. The predicted molar refractivity (Wildman–Crippen MR) is 143 cm³/mol. The number of nitrogens with one attached hydrogen (secondary N) is 2. The Balaban J connectivity index is 0.000000541. The fourth-order valence-corrected chi connectivity index (χ4v) is 5.18. The van der Waals surface area contributed by atoms with E-state index in [1.165, 1.54) is 28.8 Å². The maximum Gasteiger partial charge on any atom is 0.490 e. The van der Waals surface area contributed by atoms with Gasteiger partial charge in [0.2, 0.25) is 11.8 Å². The number of halogens is 3. The van der Waals surface area contributed by atoms with Gasteiger partial charge in [0.15, 0.2) is 5.69 Å². The van der Waals surface area contributed by atoms with E-state index in [1.54, 1.807) is 18.3 Å². The Morgan fingerprint density at radius 2 is 1.79 bits per heavy atom. The molecule has 0 bridgehead atoms. The van der Waals surface area contributed by atoms with Gasteiger partial charge in [-0.05, 0) is 63.9 Å². The van der Waals surface area contributed by atoms with E-state index in [0.717, 1.165) is 18.7 Å². The van der Waals surface area contributed by atoms with Crippen molar-refractivity contribution < 1.29 is 42.3 Å². The minimum absolute atomic E-state index is 0.152. The summed E-state index contributed by atoms with van der Waals surface area (Å²) in [6.07, 6.45) is 0.600.